The number of thiocarbonyl (C=S) groups is 1. The van der Waals surface area contributed by atoms with Crippen molar-refractivity contribution in [2.24, 2.45) is 11.7 Å². The Morgan fingerprint density at radius 1 is 1.44 bits per heavy atom. The van der Waals surface area contributed by atoms with Gasteiger partial charge in [0.2, 0.25) is 5.91 Å². The predicted molar refractivity (Wildman–Crippen MR) is 78.5 cm³/mol. The van der Waals surface area contributed by atoms with Crippen LogP contribution in [-0.4, -0.2) is 42.0 Å². The molecule has 18 heavy (non-hydrogen) atoms. The molecular formula is C13H25N3OS. The van der Waals surface area contributed by atoms with E-state index in [0.29, 0.717) is 4.99 Å². The number of hydrogen-bond acceptors (Lipinski definition) is 3. The lowest BCUT2D eigenvalue weighted by atomic mass is 10.0. The van der Waals surface area contributed by atoms with Crippen LogP contribution in [0.3, 0.4) is 0 Å². The van der Waals surface area contributed by atoms with E-state index in [2.05, 4.69) is 10.2 Å². The van der Waals surface area contributed by atoms with Gasteiger partial charge in [0.25, 0.3) is 0 Å². The number of nitrogens with one attached hydrogen (secondary N) is 1. The summed E-state index contributed by atoms with van der Waals surface area (Å²) in [7, 11) is 0. The number of nitrogens with two attached hydrogens (primary N) is 1. The Morgan fingerprint density at radius 2 is 2.11 bits per heavy atom. The van der Waals surface area contributed by atoms with Crippen molar-refractivity contribution in [3.05, 3.63) is 0 Å². The fourth-order valence-corrected chi connectivity index (χ4v) is 2.56. The topological polar surface area (TPSA) is 58.4 Å². The maximum atomic E-state index is 11.9. The van der Waals surface area contributed by atoms with Gasteiger partial charge in [0.1, 0.15) is 0 Å². The molecule has 1 atom stereocenters. The largest absolute Gasteiger partial charge is 0.393 e. The molecule has 0 aliphatic carbocycles. The second kappa shape index (κ2) is 8.43. The second-order valence-corrected chi connectivity index (χ2v) is 5.41. The predicted octanol–water partition coefficient (Wildman–Crippen LogP) is 1.29. The summed E-state index contributed by atoms with van der Waals surface area (Å²) in [5, 5.41) is 2.94. The fraction of sp³-hybridized carbons (Fsp3) is 0.846. The number of nitrogens with zero attached hydrogens (tertiary/aromatic N) is 1. The van der Waals surface area contributed by atoms with Gasteiger partial charge in [-0.1, -0.05) is 25.6 Å². The molecule has 5 heteroatoms. The lowest BCUT2D eigenvalue weighted by Gasteiger charge is -2.17. The summed E-state index contributed by atoms with van der Waals surface area (Å²) in [6.45, 7) is 6.24. The zero-order valence-corrected chi connectivity index (χ0v) is 12.1. The van der Waals surface area contributed by atoms with Gasteiger partial charge in [-0.05, 0) is 45.3 Å². The molecule has 0 aromatic carbocycles. The van der Waals surface area contributed by atoms with Crippen LogP contribution in [0, 0.1) is 5.92 Å². The quantitative estimate of drug-likeness (QED) is 0.516. The molecule has 1 unspecified atom stereocenters. The molecule has 1 amide bonds. The van der Waals surface area contributed by atoms with Crippen LogP contribution in [0.2, 0.25) is 0 Å². The number of amides is 1. The minimum absolute atomic E-state index is 0.00854. The van der Waals surface area contributed by atoms with Crippen LogP contribution in [0.15, 0.2) is 0 Å². The summed E-state index contributed by atoms with van der Waals surface area (Å²) >= 11 is 4.93. The minimum Gasteiger partial charge on any atom is -0.393 e. The standard InChI is InChI=1S/C13H25N3OS/c1-2-6-11(12(14)18)13(17)15-7-5-10-16-8-3-4-9-16/h11H,2-10H2,1H3,(H2,14,18)(H,15,17). The molecule has 1 rings (SSSR count). The Morgan fingerprint density at radius 3 is 2.67 bits per heavy atom. The number of hydrogen-bond donors (Lipinski definition) is 2. The number of carbonyl (C=O) groups excluding carboxylic acids is 1. The van der Waals surface area contributed by atoms with E-state index in [4.69, 9.17) is 18.0 Å². The van der Waals surface area contributed by atoms with Gasteiger partial charge >= 0.3 is 0 Å². The molecule has 1 fully saturated rings. The molecule has 0 bridgehead atoms. The Bertz CT molecular complexity index is 277. The molecule has 0 saturated carbocycles. The Balaban J connectivity index is 2.16. The average Bonchev–Trinajstić information content (AvgIpc) is 2.84. The average molecular weight is 271 g/mol. The summed E-state index contributed by atoms with van der Waals surface area (Å²) in [5.41, 5.74) is 5.59. The van der Waals surface area contributed by atoms with E-state index in [-0.39, 0.29) is 11.8 Å². The molecule has 104 valence electrons. The van der Waals surface area contributed by atoms with Gasteiger partial charge in [-0.15, -0.1) is 0 Å². The Hall–Kier alpha value is -0.680. The summed E-state index contributed by atoms with van der Waals surface area (Å²) in [6, 6.07) is 0. The van der Waals surface area contributed by atoms with Crippen molar-refractivity contribution in [2.45, 2.75) is 39.0 Å². The number of rotatable bonds is 8. The molecule has 1 aliphatic heterocycles. The normalized spacial score (nSPS) is 17.6. The van der Waals surface area contributed by atoms with Gasteiger partial charge in [0.05, 0.1) is 10.9 Å². The highest BCUT2D eigenvalue weighted by Crippen LogP contribution is 2.08. The molecule has 1 heterocycles. The van der Waals surface area contributed by atoms with Crippen LogP contribution >= 0.6 is 12.2 Å². The molecule has 1 aliphatic rings. The summed E-state index contributed by atoms with van der Waals surface area (Å²) in [4.78, 5) is 14.6. The summed E-state index contributed by atoms with van der Waals surface area (Å²) in [5.74, 6) is -0.303. The SMILES string of the molecule is CCCC(C(=O)NCCCN1CCCC1)C(N)=S. The van der Waals surface area contributed by atoms with Gasteiger partial charge in [0, 0.05) is 6.54 Å². The zero-order chi connectivity index (χ0) is 13.4. The summed E-state index contributed by atoms with van der Waals surface area (Å²) < 4.78 is 0. The van der Waals surface area contributed by atoms with Gasteiger partial charge < -0.3 is 16.0 Å². The van der Waals surface area contributed by atoms with Crippen molar-refractivity contribution >= 4 is 23.1 Å². The maximum absolute atomic E-state index is 11.9. The monoisotopic (exact) mass is 271 g/mol. The molecule has 1 saturated heterocycles. The fourth-order valence-electron chi connectivity index (χ4n) is 2.33. The third-order valence-electron chi connectivity index (χ3n) is 3.39. The van der Waals surface area contributed by atoms with Crippen molar-refractivity contribution in [3.63, 3.8) is 0 Å². The highest BCUT2D eigenvalue weighted by atomic mass is 32.1. The third-order valence-corrected chi connectivity index (χ3v) is 3.67. The van der Waals surface area contributed by atoms with Crippen molar-refractivity contribution < 1.29 is 4.79 Å². The Labute approximate surface area is 115 Å². The van der Waals surface area contributed by atoms with E-state index >= 15 is 0 Å². The van der Waals surface area contributed by atoms with Crippen molar-refractivity contribution in [1.82, 2.24) is 10.2 Å². The van der Waals surface area contributed by atoms with E-state index < -0.39 is 0 Å². The minimum atomic E-state index is -0.295. The van der Waals surface area contributed by atoms with Crippen molar-refractivity contribution in [1.29, 1.82) is 0 Å². The smallest absolute Gasteiger partial charge is 0.229 e. The lowest BCUT2D eigenvalue weighted by Crippen LogP contribution is -2.38. The van der Waals surface area contributed by atoms with Crippen molar-refractivity contribution in [2.75, 3.05) is 26.2 Å². The van der Waals surface area contributed by atoms with Crippen molar-refractivity contribution in [3.8, 4) is 0 Å². The summed E-state index contributed by atoms with van der Waals surface area (Å²) in [6.07, 6.45) is 5.29. The molecule has 3 N–H and O–H groups in total. The first kappa shape index (κ1) is 15.4. The molecule has 4 nitrogen and oxygen atoms in total. The number of carbonyl (C=O) groups is 1. The van der Waals surface area contributed by atoms with Gasteiger partial charge in [-0.25, -0.2) is 0 Å². The maximum Gasteiger partial charge on any atom is 0.229 e. The van der Waals surface area contributed by atoms with E-state index in [1.54, 1.807) is 0 Å². The molecular weight excluding hydrogens is 246 g/mol. The Kier molecular flexibility index (Phi) is 7.20. The lowest BCUT2D eigenvalue weighted by molar-refractivity contribution is -0.123. The van der Waals surface area contributed by atoms with Gasteiger partial charge in [-0.2, -0.15) is 0 Å². The van der Waals surface area contributed by atoms with E-state index in [1.165, 1.54) is 25.9 Å². The molecule has 0 aromatic rings. The van der Waals surface area contributed by atoms with E-state index in [0.717, 1.165) is 32.4 Å². The van der Waals surface area contributed by atoms with Crippen LogP contribution < -0.4 is 11.1 Å². The van der Waals surface area contributed by atoms with E-state index in [9.17, 15) is 4.79 Å². The molecule has 0 aromatic heterocycles. The first-order valence-electron chi connectivity index (χ1n) is 6.94. The van der Waals surface area contributed by atoms with Gasteiger partial charge in [0.15, 0.2) is 0 Å². The van der Waals surface area contributed by atoms with Crippen LogP contribution in [0.5, 0.6) is 0 Å². The van der Waals surface area contributed by atoms with Crippen LogP contribution in [-0.2, 0) is 4.79 Å². The van der Waals surface area contributed by atoms with E-state index in [1.807, 2.05) is 6.92 Å². The molecule has 0 spiro atoms. The van der Waals surface area contributed by atoms with Crippen LogP contribution in [0.4, 0.5) is 0 Å². The first-order valence-corrected chi connectivity index (χ1v) is 7.35. The first-order chi connectivity index (χ1) is 8.65. The highest BCUT2D eigenvalue weighted by Gasteiger charge is 2.19. The third kappa shape index (κ3) is 5.31. The second-order valence-electron chi connectivity index (χ2n) is 4.94. The molecule has 0 radical (unpaired) electrons. The van der Waals surface area contributed by atoms with Gasteiger partial charge in [-0.3, -0.25) is 4.79 Å². The zero-order valence-electron chi connectivity index (χ0n) is 11.3. The van der Waals surface area contributed by atoms with Crippen LogP contribution in [0.25, 0.3) is 0 Å². The number of likely N-dealkylation sites (tertiary alicyclic amines) is 1. The highest BCUT2D eigenvalue weighted by molar-refractivity contribution is 7.80. The van der Waals surface area contributed by atoms with Crippen LogP contribution in [0.1, 0.15) is 39.0 Å².